The van der Waals surface area contributed by atoms with Crippen molar-refractivity contribution in [1.29, 1.82) is 5.26 Å². The van der Waals surface area contributed by atoms with Gasteiger partial charge in [0, 0.05) is 59.6 Å². The molecule has 210 valence electrons. The molecule has 1 saturated carbocycles. The average molecular weight is 577 g/mol. The van der Waals surface area contributed by atoms with Gasteiger partial charge in [-0.15, -0.1) is 11.3 Å². The van der Waals surface area contributed by atoms with Crippen LogP contribution in [-0.2, 0) is 22.7 Å². The summed E-state index contributed by atoms with van der Waals surface area (Å²) in [6.45, 7) is 5.66. The standard InChI is InChI=1S/C29H26F2N6O3S/c30-19-7-34-24(21-15(5-32)26(33)41-25(19)21)20-18-9-39-8-17(18)16-6-35-27(36-23(16)22(20)31)40-14-28(1-2-28)10-37-11-29(12-37)3-4-38-13-29/h6-7H,1-4,8-14,33H2. The largest absolute Gasteiger partial charge is 0.463 e. The van der Waals surface area contributed by atoms with Crippen LogP contribution in [0.15, 0.2) is 12.4 Å². The van der Waals surface area contributed by atoms with Crippen molar-refractivity contribution in [2.24, 2.45) is 10.8 Å². The number of halogens is 2. The second-order valence-corrected chi connectivity index (χ2v) is 13.0. The first kappa shape index (κ1) is 25.2. The molecule has 0 atom stereocenters. The highest BCUT2D eigenvalue weighted by atomic mass is 32.1. The molecule has 0 bridgehead atoms. The van der Waals surface area contributed by atoms with E-state index >= 15 is 4.39 Å². The fraction of sp³-hybridized carbons (Fsp3) is 0.448. The zero-order valence-electron chi connectivity index (χ0n) is 22.1. The van der Waals surface area contributed by atoms with Gasteiger partial charge in [-0.2, -0.15) is 10.2 Å². The molecule has 2 N–H and O–H groups in total. The lowest BCUT2D eigenvalue weighted by Gasteiger charge is -2.48. The molecule has 8 rings (SSSR count). The van der Waals surface area contributed by atoms with Gasteiger partial charge in [0.25, 0.3) is 0 Å². The van der Waals surface area contributed by atoms with E-state index in [0.29, 0.717) is 23.0 Å². The summed E-state index contributed by atoms with van der Waals surface area (Å²) in [5.74, 6) is -1.26. The Hall–Kier alpha value is -3.50. The van der Waals surface area contributed by atoms with Crippen molar-refractivity contribution in [3.8, 4) is 23.3 Å². The molecule has 4 aliphatic rings. The van der Waals surface area contributed by atoms with Crippen molar-refractivity contribution >= 4 is 37.3 Å². The minimum absolute atomic E-state index is 0.0606. The number of nitriles is 1. The van der Waals surface area contributed by atoms with Crippen LogP contribution in [0.2, 0.25) is 0 Å². The molecule has 3 fully saturated rings. The van der Waals surface area contributed by atoms with Crippen LogP contribution in [0.5, 0.6) is 6.01 Å². The summed E-state index contributed by atoms with van der Waals surface area (Å²) < 4.78 is 48.7. The summed E-state index contributed by atoms with van der Waals surface area (Å²) in [6.07, 6.45) is 5.89. The lowest BCUT2D eigenvalue weighted by atomic mass is 9.78. The summed E-state index contributed by atoms with van der Waals surface area (Å²) in [6, 6.07) is 2.13. The maximum Gasteiger partial charge on any atom is 0.317 e. The van der Waals surface area contributed by atoms with Crippen molar-refractivity contribution in [1.82, 2.24) is 19.9 Å². The van der Waals surface area contributed by atoms with Crippen LogP contribution in [0, 0.1) is 33.8 Å². The Bertz CT molecular complexity index is 1790. The molecule has 0 unspecified atom stereocenters. The molecule has 0 radical (unpaired) electrons. The molecule has 9 nitrogen and oxygen atoms in total. The zero-order chi connectivity index (χ0) is 27.9. The number of thiophene rings is 1. The zero-order valence-corrected chi connectivity index (χ0v) is 23.0. The van der Waals surface area contributed by atoms with Crippen molar-refractivity contribution in [3.05, 3.63) is 40.7 Å². The maximum atomic E-state index is 16.5. The molecular formula is C29H26F2N6O3S. The molecule has 1 aromatic carbocycles. The lowest BCUT2D eigenvalue weighted by Crippen LogP contribution is -2.58. The Morgan fingerprint density at radius 3 is 2.71 bits per heavy atom. The van der Waals surface area contributed by atoms with Gasteiger partial charge in [-0.1, -0.05) is 0 Å². The summed E-state index contributed by atoms with van der Waals surface area (Å²) in [7, 11) is 0. The number of aromatic nitrogens is 3. The number of likely N-dealkylation sites (tertiary alicyclic amines) is 1. The van der Waals surface area contributed by atoms with Gasteiger partial charge in [0.2, 0.25) is 0 Å². The number of nitrogen functional groups attached to an aromatic ring is 1. The Kier molecular flexibility index (Phi) is 5.54. The Labute approximate surface area is 237 Å². The smallest absolute Gasteiger partial charge is 0.317 e. The highest BCUT2D eigenvalue weighted by Gasteiger charge is 2.51. The van der Waals surface area contributed by atoms with Crippen LogP contribution in [0.1, 0.15) is 36.0 Å². The first-order chi connectivity index (χ1) is 19.9. The predicted molar refractivity (Wildman–Crippen MR) is 147 cm³/mol. The van der Waals surface area contributed by atoms with E-state index in [9.17, 15) is 9.65 Å². The first-order valence-electron chi connectivity index (χ1n) is 13.7. The molecular weight excluding hydrogens is 550 g/mol. The third kappa shape index (κ3) is 3.90. The van der Waals surface area contributed by atoms with Crippen molar-refractivity contribution in [2.75, 3.05) is 45.2 Å². The van der Waals surface area contributed by atoms with Crippen LogP contribution in [0.3, 0.4) is 0 Å². The van der Waals surface area contributed by atoms with E-state index in [1.807, 2.05) is 6.07 Å². The molecule has 3 aromatic heterocycles. The van der Waals surface area contributed by atoms with Gasteiger partial charge in [0.05, 0.1) is 48.6 Å². The molecule has 1 spiro atoms. The number of pyridine rings is 1. The molecule has 6 heterocycles. The molecule has 2 saturated heterocycles. The number of nitrogens with two attached hydrogens (primary N) is 1. The van der Waals surface area contributed by atoms with Gasteiger partial charge in [-0.3, -0.25) is 4.98 Å². The van der Waals surface area contributed by atoms with Crippen molar-refractivity contribution < 1.29 is 23.0 Å². The fourth-order valence-electron chi connectivity index (χ4n) is 6.73. The lowest BCUT2D eigenvalue weighted by molar-refractivity contribution is -0.0239. The number of hydrogen-bond acceptors (Lipinski definition) is 10. The second-order valence-electron chi connectivity index (χ2n) is 11.9. The van der Waals surface area contributed by atoms with E-state index in [1.165, 1.54) is 0 Å². The first-order valence-corrected chi connectivity index (χ1v) is 14.5. The molecule has 41 heavy (non-hydrogen) atoms. The monoisotopic (exact) mass is 576 g/mol. The average Bonchev–Trinajstić information content (AvgIpc) is 3.29. The summed E-state index contributed by atoms with van der Waals surface area (Å²) in [4.78, 5) is 15.6. The van der Waals surface area contributed by atoms with Gasteiger partial charge in [-0.25, -0.2) is 13.8 Å². The summed E-state index contributed by atoms with van der Waals surface area (Å²) in [5, 5.41) is 10.6. The van der Waals surface area contributed by atoms with Crippen molar-refractivity contribution in [2.45, 2.75) is 32.5 Å². The topological polar surface area (TPSA) is 119 Å². The molecule has 1 aliphatic carbocycles. The molecule has 3 aliphatic heterocycles. The van der Waals surface area contributed by atoms with Gasteiger partial charge < -0.3 is 24.8 Å². The maximum absolute atomic E-state index is 16.5. The SMILES string of the molecule is N#Cc1c(N)sc2c(F)cnc(-c3c4c(c5cnc(OCC6(CN7CC8(CCOC8)C7)CC6)nc5c3F)COC4)c12. The van der Waals surface area contributed by atoms with E-state index in [2.05, 4.69) is 19.9 Å². The van der Waals surface area contributed by atoms with Crippen LogP contribution < -0.4 is 10.5 Å². The van der Waals surface area contributed by atoms with E-state index in [0.717, 1.165) is 75.2 Å². The van der Waals surface area contributed by atoms with Gasteiger partial charge >= 0.3 is 6.01 Å². The third-order valence-electron chi connectivity index (χ3n) is 9.05. The quantitative estimate of drug-likeness (QED) is 0.353. The van der Waals surface area contributed by atoms with E-state index in [4.69, 9.17) is 19.9 Å². The molecule has 4 aromatic rings. The Morgan fingerprint density at radius 2 is 1.95 bits per heavy atom. The molecule has 0 amide bonds. The number of ether oxygens (including phenoxy) is 3. The predicted octanol–water partition coefficient (Wildman–Crippen LogP) is 4.55. The third-order valence-corrected chi connectivity index (χ3v) is 10.1. The second kappa shape index (κ2) is 9.00. The van der Waals surface area contributed by atoms with Crippen LogP contribution in [0.25, 0.3) is 32.2 Å². The summed E-state index contributed by atoms with van der Waals surface area (Å²) >= 11 is 0.945. The summed E-state index contributed by atoms with van der Waals surface area (Å²) in [5.41, 5.74) is 8.18. The van der Waals surface area contributed by atoms with E-state index in [1.54, 1.807) is 6.20 Å². The fourth-order valence-corrected chi connectivity index (χ4v) is 7.65. The normalized spacial score (nSPS) is 20.4. The number of rotatable bonds is 6. The number of anilines is 1. The number of benzene rings is 1. The molecule has 12 heteroatoms. The minimum Gasteiger partial charge on any atom is -0.463 e. The van der Waals surface area contributed by atoms with E-state index < -0.39 is 11.6 Å². The highest BCUT2D eigenvalue weighted by Crippen LogP contribution is 2.50. The number of fused-ring (bicyclic) bond motifs is 4. The van der Waals surface area contributed by atoms with Gasteiger partial charge in [0.15, 0.2) is 11.6 Å². The van der Waals surface area contributed by atoms with Gasteiger partial charge in [-0.05, 0) is 30.4 Å². The Balaban J connectivity index is 1.13. The van der Waals surface area contributed by atoms with Crippen LogP contribution >= 0.6 is 11.3 Å². The van der Waals surface area contributed by atoms with E-state index in [-0.39, 0.29) is 62.1 Å². The number of hydrogen-bond donors (Lipinski definition) is 1. The van der Waals surface area contributed by atoms with Crippen LogP contribution in [0.4, 0.5) is 13.8 Å². The Morgan fingerprint density at radius 1 is 1.12 bits per heavy atom. The van der Waals surface area contributed by atoms with Crippen LogP contribution in [-0.4, -0.2) is 59.3 Å². The number of nitrogens with zero attached hydrogens (tertiary/aromatic N) is 5. The minimum atomic E-state index is -0.642. The van der Waals surface area contributed by atoms with Gasteiger partial charge in [0.1, 0.15) is 16.6 Å². The van der Waals surface area contributed by atoms with Crippen molar-refractivity contribution in [3.63, 3.8) is 0 Å². The highest BCUT2D eigenvalue weighted by molar-refractivity contribution is 7.23.